The molecule has 2 aromatic rings. The van der Waals surface area contributed by atoms with Crippen LogP contribution in [0.4, 0.5) is 11.5 Å². The number of ether oxygens (including phenoxy) is 1. The van der Waals surface area contributed by atoms with Crippen molar-refractivity contribution in [2.45, 2.75) is 9.92 Å². The van der Waals surface area contributed by atoms with Crippen LogP contribution in [0.5, 0.6) is 5.75 Å². The van der Waals surface area contributed by atoms with E-state index in [2.05, 4.69) is 4.98 Å². The minimum absolute atomic E-state index is 0.364. The lowest BCUT2D eigenvalue weighted by molar-refractivity contribution is 0.414. The minimum atomic E-state index is 0.364. The van der Waals surface area contributed by atoms with Crippen LogP contribution in [0.2, 0.25) is 0 Å². The van der Waals surface area contributed by atoms with Gasteiger partial charge in [0.2, 0.25) is 0 Å². The standard InChI is InChI=1S/C12H13N3OS/c1-16-8-2-4-9(5-3-8)17-11-7-6-10(13)12(14)15-11/h2-7H,13H2,1H3,(H2,14,15). The SMILES string of the molecule is COc1ccc(Sc2ccc(N)c(N)n2)cc1. The zero-order chi connectivity index (χ0) is 12.3. The predicted molar refractivity (Wildman–Crippen MR) is 70.2 cm³/mol. The molecular formula is C12H13N3OS. The van der Waals surface area contributed by atoms with Crippen LogP contribution in [0.3, 0.4) is 0 Å². The minimum Gasteiger partial charge on any atom is -0.497 e. The quantitative estimate of drug-likeness (QED) is 0.871. The third kappa shape index (κ3) is 2.82. The number of benzene rings is 1. The number of hydrogen-bond donors (Lipinski definition) is 2. The van der Waals surface area contributed by atoms with E-state index in [-0.39, 0.29) is 0 Å². The largest absolute Gasteiger partial charge is 0.497 e. The maximum absolute atomic E-state index is 5.65. The number of nitrogens with zero attached hydrogens (tertiary/aromatic N) is 1. The lowest BCUT2D eigenvalue weighted by Gasteiger charge is -2.04. The summed E-state index contributed by atoms with van der Waals surface area (Å²) in [7, 11) is 1.64. The molecule has 0 spiro atoms. The van der Waals surface area contributed by atoms with Crippen LogP contribution < -0.4 is 16.2 Å². The topological polar surface area (TPSA) is 74.2 Å². The number of rotatable bonds is 3. The van der Waals surface area contributed by atoms with E-state index >= 15 is 0 Å². The van der Waals surface area contributed by atoms with Crippen LogP contribution in [0.1, 0.15) is 0 Å². The molecule has 0 saturated heterocycles. The van der Waals surface area contributed by atoms with Gasteiger partial charge in [-0.25, -0.2) is 4.98 Å². The molecule has 1 heterocycles. The molecule has 88 valence electrons. The Morgan fingerprint density at radius 3 is 2.35 bits per heavy atom. The summed E-state index contributed by atoms with van der Waals surface area (Å²) in [4.78, 5) is 5.27. The van der Waals surface area contributed by atoms with E-state index in [0.29, 0.717) is 11.5 Å². The van der Waals surface area contributed by atoms with Gasteiger partial charge in [0.15, 0.2) is 0 Å². The molecule has 0 atom stereocenters. The van der Waals surface area contributed by atoms with Crippen LogP contribution in [0, 0.1) is 0 Å². The van der Waals surface area contributed by atoms with Crippen LogP contribution in [-0.2, 0) is 0 Å². The Hall–Kier alpha value is -1.88. The van der Waals surface area contributed by atoms with Crippen LogP contribution in [0.15, 0.2) is 46.3 Å². The van der Waals surface area contributed by atoms with E-state index in [9.17, 15) is 0 Å². The molecule has 0 amide bonds. The predicted octanol–water partition coefficient (Wildman–Crippen LogP) is 2.41. The molecule has 0 aliphatic carbocycles. The zero-order valence-corrected chi connectivity index (χ0v) is 10.2. The van der Waals surface area contributed by atoms with Crippen molar-refractivity contribution < 1.29 is 4.74 Å². The molecular weight excluding hydrogens is 234 g/mol. The zero-order valence-electron chi connectivity index (χ0n) is 9.38. The highest BCUT2D eigenvalue weighted by molar-refractivity contribution is 7.99. The smallest absolute Gasteiger partial charge is 0.147 e. The number of nitrogens with two attached hydrogens (primary N) is 2. The third-order valence-corrected chi connectivity index (χ3v) is 3.16. The highest BCUT2D eigenvalue weighted by Gasteiger charge is 2.02. The van der Waals surface area contributed by atoms with Crippen molar-refractivity contribution in [1.82, 2.24) is 4.98 Å². The van der Waals surface area contributed by atoms with Crippen molar-refractivity contribution in [1.29, 1.82) is 0 Å². The van der Waals surface area contributed by atoms with Gasteiger partial charge in [-0.05, 0) is 36.4 Å². The average Bonchev–Trinajstić information content (AvgIpc) is 2.35. The van der Waals surface area contributed by atoms with Gasteiger partial charge in [0.1, 0.15) is 16.6 Å². The first-order valence-corrected chi connectivity index (χ1v) is 5.84. The maximum atomic E-state index is 5.65. The molecule has 1 aromatic heterocycles. The molecule has 1 aromatic carbocycles. The lowest BCUT2D eigenvalue weighted by Crippen LogP contribution is -1.97. The van der Waals surface area contributed by atoms with Crippen LogP contribution in [-0.4, -0.2) is 12.1 Å². The first kappa shape index (κ1) is 11.6. The molecule has 4 N–H and O–H groups in total. The maximum Gasteiger partial charge on any atom is 0.147 e. The summed E-state index contributed by atoms with van der Waals surface area (Å²) in [5.74, 6) is 1.20. The van der Waals surface area contributed by atoms with E-state index in [1.807, 2.05) is 30.3 Å². The highest BCUT2D eigenvalue weighted by Crippen LogP contribution is 2.29. The van der Waals surface area contributed by atoms with Crippen molar-refractivity contribution in [2.24, 2.45) is 0 Å². The summed E-state index contributed by atoms with van der Waals surface area (Å²) in [6.07, 6.45) is 0. The van der Waals surface area contributed by atoms with Crippen molar-refractivity contribution in [3.63, 3.8) is 0 Å². The first-order valence-electron chi connectivity index (χ1n) is 5.03. The summed E-state index contributed by atoms with van der Waals surface area (Å²) < 4.78 is 5.09. The van der Waals surface area contributed by atoms with Gasteiger partial charge in [-0.15, -0.1) is 0 Å². The van der Waals surface area contributed by atoms with E-state index in [4.69, 9.17) is 16.2 Å². The van der Waals surface area contributed by atoms with E-state index < -0.39 is 0 Å². The second-order valence-electron chi connectivity index (χ2n) is 3.40. The molecule has 0 saturated carbocycles. The number of nitrogen functional groups attached to an aromatic ring is 2. The van der Waals surface area contributed by atoms with E-state index in [0.717, 1.165) is 15.7 Å². The Labute approximate surface area is 104 Å². The molecule has 2 rings (SSSR count). The molecule has 4 nitrogen and oxygen atoms in total. The van der Waals surface area contributed by atoms with Crippen molar-refractivity contribution in [2.75, 3.05) is 18.6 Å². The molecule has 5 heteroatoms. The van der Waals surface area contributed by atoms with Gasteiger partial charge in [-0.2, -0.15) is 0 Å². The summed E-state index contributed by atoms with van der Waals surface area (Å²) >= 11 is 1.53. The summed E-state index contributed by atoms with van der Waals surface area (Å²) in [6.45, 7) is 0. The van der Waals surface area contributed by atoms with Crippen molar-refractivity contribution in [3.05, 3.63) is 36.4 Å². The first-order chi connectivity index (χ1) is 8.19. The lowest BCUT2D eigenvalue weighted by atomic mass is 10.3. The Kier molecular flexibility index (Phi) is 3.39. The molecule has 0 aliphatic rings. The van der Waals surface area contributed by atoms with Gasteiger partial charge in [-0.1, -0.05) is 11.8 Å². The van der Waals surface area contributed by atoms with E-state index in [1.54, 1.807) is 13.2 Å². The third-order valence-electron chi connectivity index (χ3n) is 2.21. The molecule has 0 bridgehead atoms. The highest BCUT2D eigenvalue weighted by atomic mass is 32.2. The van der Waals surface area contributed by atoms with Gasteiger partial charge in [0.05, 0.1) is 12.8 Å². The van der Waals surface area contributed by atoms with E-state index in [1.165, 1.54) is 11.8 Å². The molecule has 0 radical (unpaired) electrons. The fourth-order valence-electron chi connectivity index (χ4n) is 1.29. The monoisotopic (exact) mass is 247 g/mol. The summed E-state index contributed by atoms with van der Waals surface area (Å²) in [5, 5.41) is 0.821. The Bertz CT molecular complexity index is 514. The number of pyridine rings is 1. The molecule has 0 unspecified atom stereocenters. The van der Waals surface area contributed by atoms with Crippen molar-refractivity contribution in [3.8, 4) is 5.75 Å². The Morgan fingerprint density at radius 2 is 1.76 bits per heavy atom. The number of methoxy groups -OCH3 is 1. The normalized spacial score (nSPS) is 10.2. The van der Waals surface area contributed by atoms with Gasteiger partial charge in [0.25, 0.3) is 0 Å². The average molecular weight is 247 g/mol. The van der Waals surface area contributed by atoms with Gasteiger partial charge in [0, 0.05) is 4.90 Å². The summed E-state index contributed by atoms with van der Waals surface area (Å²) in [5.41, 5.74) is 11.8. The fraction of sp³-hybridized carbons (Fsp3) is 0.0833. The Morgan fingerprint density at radius 1 is 1.06 bits per heavy atom. The Balaban J connectivity index is 2.16. The molecule has 0 fully saturated rings. The molecule has 17 heavy (non-hydrogen) atoms. The number of aromatic nitrogens is 1. The second-order valence-corrected chi connectivity index (χ2v) is 4.50. The van der Waals surface area contributed by atoms with Crippen LogP contribution >= 0.6 is 11.8 Å². The van der Waals surface area contributed by atoms with Gasteiger partial charge in [-0.3, -0.25) is 0 Å². The summed E-state index contributed by atoms with van der Waals surface area (Å²) in [6, 6.07) is 11.4. The van der Waals surface area contributed by atoms with Crippen LogP contribution in [0.25, 0.3) is 0 Å². The van der Waals surface area contributed by atoms with Crippen molar-refractivity contribution >= 4 is 23.3 Å². The number of hydrogen-bond acceptors (Lipinski definition) is 5. The fourth-order valence-corrected chi connectivity index (χ4v) is 2.08. The second kappa shape index (κ2) is 4.97. The number of anilines is 2. The van der Waals surface area contributed by atoms with Gasteiger partial charge < -0.3 is 16.2 Å². The van der Waals surface area contributed by atoms with Gasteiger partial charge >= 0.3 is 0 Å². The molecule has 0 aliphatic heterocycles.